The van der Waals surface area contributed by atoms with Gasteiger partial charge in [0, 0.05) is 0 Å². The molecule has 0 saturated carbocycles. The van der Waals surface area contributed by atoms with E-state index in [9.17, 15) is 0 Å². The van der Waals surface area contributed by atoms with E-state index in [4.69, 9.17) is 34.6 Å². The zero-order valence-electron chi connectivity index (χ0n) is 9.19. The van der Waals surface area contributed by atoms with Gasteiger partial charge >= 0.3 is 0 Å². The highest BCUT2D eigenvalue weighted by atomic mass is 31.2. The van der Waals surface area contributed by atoms with Crippen LogP contribution in [0.2, 0.25) is 0 Å². The Bertz CT molecular complexity index is 182. The Balaban J connectivity index is 0. The van der Waals surface area contributed by atoms with Crippen molar-refractivity contribution in [3.8, 4) is 0 Å². The van der Waals surface area contributed by atoms with Crippen LogP contribution in [-0.2, 0) is 4.57 Å². The third-order valence-corrected chi connectivity index (χ3v) is 1.92. The molecule has 5 N–H and O–H groups in total. The lowest BCUT2D eigenvalue weighted by Crippen LogP contribution is -2.49. The minimum atomic E-state index is -4.89. The normalized spacial score (nSPS) is 11.9. The van der Waals surface area contributed by atoms with Gasteiger partial charge in [-0.2, -0.15) is 0 Å². The molecule has 0 aromatic carbocycles. The lowest BCUT2D eigenvalue weighted by Gasteiger charge is -2.32. The van der Waals surface area contributed by atoms with Crippen LogP contribution in [0.15, 0.2) is 0 Å². The Morgan fingerprint density at radius 1 is 1.00 bits per heavy atom. The average Bonchev–Trinajstić information content (AvgIpc) is 2.01. The molecule has 0 spiro atoms. The summed E-state index contributed by atoms with van der Waals surface area (Å²) in [6.07, 6.45) is 0. The molecule has 16 heavy (non-hydrogen) atoms. The molecule has 0 bridgehead atoms. The van der Waals surface area contributed by atoms with E-state index in [0.29, 0.717) is 24.1 Å². The summed E-state index contributed by atoms with van der Waals surface area (Å²) in [5.74, 6) is 0. The van der Waals surface area contributed by atoms with Gasteiger partial charge in [0.05, 0.1) is 26.9 Å². The first-order chi connectivity index (χ1) is 7.18. The van der Waals surface area contributed by atoms with Gasteiger partial charge in [0.15, 0.2) is 0 Å². The first-order valence-electron chi connectivity index (χ1n) is 4.61. The van der Waals surface area contributed by atoms with E-state index in [-0.39, 0.29) is 19.8 Å². The quantitative estimate of drug-likeness (QED) is 0.251. The summed E-state index contributed by atoms with van der Waals surface area (Å²) in [7, 11) is -2.98. The number of hydrogen-bond donors (Lipinski definition) is 5. The summed E-state index contributed by atoms with van der Waals surface area (Å²) >= 11 is 0. The number of nitrogens with zero attached hydrogens (tertiary/aromatic N) is 1. The van der Waals surface area contributed by atoms with E-state index < -0.39 is 7.82 Å². The number of aliphatic hydroxyl groups excluding tert-OH is 3. The minimum absolute atomic E-state index is 0.0938. The van der Waals surface area contributed by atoms with E-state index in [2.05, 4.69) is 0 Å². The SMILES string of the molecule is C[N+](CCO)(CCO)CCO.O=P([O-])(O)O. The maximum atomic E-state index is 8.77. The highest BCUT2D eigenvalue weighted by molar-refractivity contribution is 7.43. The summed E-state index contributed by atoms with van der Waals surface area (Å²) in [5, 5.41) is 26.0. The summed E-state index contributed by atoms with van der Waals surface area (Å²) < 4.78 is 9.30. The van der Waals surface area contributed by atoms with Crippen molar-refractivity contribution in [1.82, 2.24) is 0 Å². The van der Waals surface area contributed by atoms with Gasteiger partial charge in [-0.1, -0.05) is 0 Å². The van der Waals surface area contributed by atoms with Gasteiger partial charge in [-0.15, -0.1) is 0 Å². The van der Waals surface area contributed by atoms with Gasteiger partial charge in [0.25, 0.3) is 7.82 Å². The van der Waals surface area contributed by atoms with Crippen molar-refractivity contribution in [2.75, 3.05) is 46.5 Å². The van der Waals surface area contributed by atoms with E-state index in [1.165, 1.54) is 0 Å². The molecule has 0 aliphatic rings. The topological polar surface area (TPSA) is 141 Å². The molecule has 0 radical (unpaired) electrons. The lowest BCUT2D eigenvalue weighted by molar-refractivity contribution is -0.910. The highest BCUT2D eigenvalue weighted by Gasteiger charge is 2.18. The fraction of sp³-hybridized carbons (Fsp3) is 1.00. The van der Waals surface area contributed by atoms with E-state index >= 15 is 0 Å². The van der Waals surface area contributed by atoms with Crippen molar-refractivity contribution < 1.29 is 39.0 Å². The third kappa shape index (κ3) is 16.4. The van der Waals surface area contributed by atoms with Crippen LogP contribution < -0.4 is 4.89 Å². The number of aliphatic hydroxyl groups is 3. The van der Waals surface area contributed by atoms with Crippen molar-refractivity contribution >= 4 is 7.82 Å². The van der Waals surface area contributed by atoms with Gasteiger partial charge in [0.1, 0.15) is 19.6 Å². The van der Waals surface area contributed by atoms with E-state index in [1.54, 1.807) is 0 Å². The molecule has 0 saturated heterocycles. The molecule has 0 aliphatic carbocycles. The first kappa shape index (κ1) is 18.3. The molecular weight excluding hydrogens is 241 g/mol. The Hall–Kier alpha value is -0.0500. The highest BCUT2D eigenvalue weighted by Crippen LogP contribution is 2.18. The molecule has 0 heterocycles. The van der Waals surface area contributed by atoms with Crippen LogP contribution in [0.1, 0.15) is 0 Å². The van der Waals surface area contributed by atoms with Crippen molar-refractivity contribution in [3.63, 3.8) is 0 Å². The van der Waals surface area contributed by atoms with Crippen LogP contribution in [0.25, 0.3) is 0 Å². The molecule has 0 aromatic rings. The average molecular weight is 261 g/mol. The van der Waals surface area contributed by atoms with Crippen LogP contribution in [0.4, 0.5) is 0 Å². The molecule has 0 atom stereocenters. The second-order valence-electron chi connectivity index (χ2n) is 3.45. The molecule has 0 amide bonds. The molecular formula is C7H20NO7P. The van der Waals surface area contributed by atoms with Gasteiger partial charge in [-0.05, 0) is 0 Å². The van der Waals surface area contributed by atoms with Gasteiger partial charge in [-0.3, -0.25) is 4.57 Å². The van der Waals surface area contributed by atoms with Crippen LogP contribution in [0.5, 0.6) is 0 Å². The van der Waals surface area contributed by atoms with E-state index in [0.717, 1.165) is 0 Å². The zero-order valence-corrected chi connectivity index (χ0v) is 10.1. The maximum absolute atomic E-state index is 8.77. The number of phosphoric acid groups is 1. The molecule has 0 aromatic heterocycles. The van der Waals surface area contributed by atoms with Crippen molar-refractivity contribution in [1.29, 1.82) is 0 Å². The third-order valence-electron chi connectivity index (χ3n) is 1.92. The van der Waals surface area contributed by atoms with Crippen molar-refractivity contribution in [2.24, 2.45) is 0 Å². The number of rotatable bonds is 6. The van der Waals surface area contributed by atoms with Crippen LogP contribution in [0, 0.1) is 0 Å². The van der Waals surface area contributed by atoms with Gasteiger partial charge < -0.3 is 34.5 Å². The predicted octanol–water partition coefficient (Wildman–Crippen LogP) is -3.15. The Kier molecular flexibility index (Phi) is 10.3. The minimum Gasteiger partial charge on any atom is -0.756 e. The summed E-state index contributed by atoms with van der Waals surface area (Å²) in [4.78, 5) is 22.9. The predicted molar refractivity (Wildman–Crippen MR) is 54.1 cm³/mol. The Labute approximate surface area is 94.2 Å². The number of quaternary nitrogens is 1. The zero-order chi connectivity index (χ0) is 13.2. The Morgan fingerprint density at radius 3 is 1.31 bits per heavy atom. The second-order valence-corrected chi connectivity index (χ2v) is 4.43. The lowest BCUT2D eigenvalue weighted by atomic mass is 10.4. The van der Waals surface area contributed by atoms with Crippen molar-refractivity contribution in [3.05, 3.63) is 0 Å². The first-order valence-corrected chi connectivity index (χ1v) is 6.14. The molecule has 8 nitrogen and oxygen atoms in total. The van der Waals surface area contributed by atoms with Gasteiger partial charge in [0.2, 0.25) is 0 Å². The Morgan fingerprint density at radius 2 is 1.19 bits per heavy atom. The largest absolute Gasteiger partial charge is 0.756 e. The fourth-order valence-corrected chi connectivity index (χ4v) is 1.06. The summed E-state index contributed by atoms with van der Waals surface area (Å²) in [5.41, 5.74) is 0. The number of likely N-dealkylation sites (N-methyl/N-ethyl adjacent to an activating group) is 1. The summed E-state index contributed by atoms with van der Waals surface area (Å²) in [6, 6.07) is 0. The molecule has 0 aliphatic heterocycles. The maximum Gasteiger partial charge on any atom is 0.262 e. The van der Waals surface area contributed by atoms with Crippen LogP contribution >= 0.6 is 7.82 Å². The van der Waals surface area contributed by atoms with Crippen LogP contribution in [0.3, 0.4) is 0 Å². The van der Waals surface area contributed by atoms with Crippen LogP contribution in [-0.4, -0.2) is 76.1 Å². The number of hydrogen-bond acceptors (Lipinski definition) is 5. The smallest absolute Gasteiger partial charge is 0.262 e. The van der Waals surface area contributed by atoms with E-state index in [1.807, 2.05) is 7.05 Å². The monoisotopic (exact) mass is 261 g/mol. The fourth-order valence-electron chi connectivity index (χ4n) is 1.06. The standard InChI is InChI=1S/C7H18NO3.H3O4P/c1-8(2-5-9,3-6-10)4-7-11;1-5(2,3)4/h9-11H,2-7H2,1H3;(H3,1,2,3,4)/q+1;/p-1. The second kappa shape index (κ2) is 9.03. The molecule has 0 fully saturated rings. The molecule has 9 heteroatoms. The summed E-state index contributed by atoms with van der Waals surface area (Å²) in [6.45, 7) is 2.03. The van der Waals surface area contributed by atoms with Crippen molar-refractivity contribution in [2.45, 2.75) is 0 Å². The molecule has 0 unspecified atom stereocenters. The van der Waals surface area contributed by atoms with Gasteiger partial charge in [-0.25, -0.2) is 0 Å². The molecule has 100 valence electrons. The molecule has 0 rings (SSSR count).